The van der Waals surface area contributed by atoms with Crippen molar-refractivity contribution < 1.29 is 0 Å². The maximum absolute atomic E-state index is 4.06. The Kier molecular flexibility index (Phi) is 1.61. The van der Waals surface area contributed by atoms with E-state index in [2.05, 4.69) is 41.6 Å². The second-order valence-electron chi connectivity index (χ2n) is 3.34. The van der Waals surface area contributed by atoms with Gasteiger partial charge in [-0.15, -0.1) is 0 Å². The molecule has 0 fully saturated rings. The molecule has 2 nitrogen and oxygen atoms in total. The zero-order valence-corrected chi connectivity index (χ0v) is 7.36. The van der Waals surface area contributed by atoms with Crippen molar-refractivity contribution in [2.45, 2.75) is 19.8 Å². The Morgan fingerprint density at radius 2 is 2.17 bits per heavy atom. The van der Waals surface area contributed by atoms with Crippen LogP contribution in [0.2, 0.25) is 0 Å². The van der Waals surface area contributed by atoms with Crippen LogP contribution in [0.3, 0.4) is 0 Å². The Hall–Kier alpha value is -1.31. The second kappa shape index (κ2) is 2.63. The Morgan fingerprint density at radius 3 is 2.92 bits per heavy atom. The predicted octanol–water partition coefficient (Wildman–Crippen LogP) is 2.46. The lowest BCUT2D eigenvalue weighted by Gasteiger charge is -2.04. The lowest BCUT2D eigenvalue weighted by atomic mass is 10.1. The third-order valence-electron chi connectivity index (χ3n) is 2.10. The zero-order chi connectivity index (χ0) is 8.55. The molecule has 0 aliphatic carbocycles. The van der Waals surface area contributed by atoms with Gasteiger partial charge in [-0.05, 0) is 17.5 Å². The van der Waals surface area contributed by atoms with Crippen molar-refractivity contribution in [1.82, 2.24) is 9.38 Å². The van der Waals surface area contributed by atoms with Gasteiger partial charge in [0, 0.05) is 6.20 Å². The summed E-state index contributed by atoms with van der Waals surface area (Å²) in [5.74, 6) is 0.580. The summed E-state index contributed by atoms with van der Waals surface area (Å²) in [6.07, 6.45) is 5.83. The van der Waals surface area contributed by atoms with Gasteiger partial charge >= 0.3 is 0 Å². The summed E-state index contributed by atoms with van der Waals surface area (Å²) in [7, 11) is 0. The average molecular weight is 160 g/mol. The molecule has 62 valence electrons. The Labute approximate surface area is 71.9 Å². The summed E-state index contributed by atoms with van der Waals surface area (Å²) < 4.78 is 2.05. The number of aromatic nitrogens is 2. The van der Waals surface area contributed by atoms with E-state index < -0.39 is 0 Å². The minimum atomic E-state index is 0.580. The monoisotopic (exact) mass is 160 g/mol. The number of imidazole rings is 1. The highest BCUT2D eigenvalue weighted by Crippen LogP contribution is 2.14. The van der Waals surface area contributed by atoms with Gasteiger partial charge in [0.05, 0.1) is 18.0 Å². The van der Waals surface area contributed by atoms with Crippen LogP contribution in [-0.4, -0.2) is 9.38 Å². The second-order valence-corrected chi connectivity index (χ2v) is 3.34. The van der Waals surface area contributed by atoms with E-state index in [9.17, 15) is 0 Å². The first-order chi connectivity index (χ1) is 5.77. The lowest BCUT2D eigenvalue weighted by molar-refractivity contribution is 0.853. The first-order valence-electron chi connectivity index (χ1n) is 4.19. The molecule has 0 bridgehead atoms. The molecule has 0 spiro atoms. The zero-order valence-electron chi connectivity index (χ0n) is 7.36. The Balaban J connectivity index is 2.60. The number of hydrogen-bond donors (Lipinski definition) is 0. The molecule has 0 N–H and O–H groups in total. The topological polar surface area (TPSA) is 17.3 Å². The fourth-order valence-corrected chi connectivity index (χ4v) is 1.28. The van der Waals surface area contributed by atoms with E-state index in [1.54, 1.807) is 0 Å². The molecule has 0 amide bonds. The van der Waals surface area contributed by atoms with Crippen molar-refractivity contribution in [2.24, 2.45) is 0 Å². The van der Waals surface area contributed by atoms with Crippen LogP contribution < -0.4 is 0 Å². The predicted molar refractivity (Wildman–Crippen MR) is 49.3 cm³/mol. The molecule has 2 heteroatoms. The van der Waals surface area contributed by atoms with E-state index in [0.717, 1.165) is 5.52 Å². The summed E-state index contributed by atoms with van der Waals surface area (Å²) in [6, 6.07) is 4.25. The smallest absolute Gasteiger partial charge is 0.0992 e. The minimum Gasteiger partial charge on any atom is -0.306 e. The van der Waals surface area contributed by atoms with Crippen molar-refractivity contribution in [1.29, 1.82) is 0 Å². The molecule has 2 rings (SSSR count). The van der Waals surface area contributed by atoms with E-state index in [4.69, 9.17) is 0 Å². The summed E-state index contributed by atoms with van der Waals surface area (Å²) in [4.78, 5) is 4.06. The fourth-order valence-electron chi connectivity index (χ4n) is 1.28. The lowest BCUT2D eigenvalue weighted by Crippen LogP contribution is -1.90. The molecule has 0 atom stereocenters. The number of hydrogen-bond acceptors (Lipinski definition) is 1. The highest BCUT2D eigenvalue weighted by Gasteiger charge is 1.99. The van der Waals surface area contributed by atoms with Gasteiger partial charge < -0.3 is 4.40 Å². The molecule has 0 aliphatic rings. The number of nitrogens with zero attached hydrogens (tertiary/aromatic N) is 2. The van der Waals surface area contributed by atoms with Gasteiger partial charge in [-0.1, -0.05) is 19.9 Å². The highest BCUT2D eigenvalue weighted by atomic mass is 15.0. The van der Waals surface area contributed by atoms with Crippen LogP contribution >= 0.6 is 0 Å². The van der Waals surface area contributed by atoms with Crippen LogP contribution in [0.4, 0.5) is 0 Å². The van der Waals surface area contributed by atoms with Crippen molar-refractivity contribution in [3.63, 3.8) is 0 Å². The molecule has 0 aromatic carbocycles. The maximum Gasteiger partial charge on any atom is 0.0992 e. The van der Waals surface area contributed by atoms with Gasteiger partial charge in [-0.2, -0.15) is 0 Å². The van der Waals surface area contributed by atoms with Crippen LogP contribution in [0.25, 0.3) is 5.52 Å². The van der Waals surface area contributed by atoms with Gasteiger partial charge in [0.15, 0.2) is 0 Å². The molecule has 0 aliphatic heterocycles. The van der Waals surface area contributed by atoms with Crippen molar-refractivity contribution in [3.8, 4) is 0 Å². The van der Waals surface area contributed by atoms with Crippen LogP contribution in [0.5, 0.6) is 0 Å². The van der Waals surface area contributed by atoms with E-state index in [0.29, 0.717) is 5.92 Å². The first kappa shape index (κ1) is 7.35. The summed E-state index contributed by atoms with van der Waals surface area (Å²) in [5.41, 5.74) is 2.50. The SMILES string of the molecule is CC(C)c1ccc2cncn2c1. The quantitative estimate of drug-likeness (QED) is 0.626. The normalized spacial score (nSPS) is 11.2. The Bertz CT molecular complexity index is 387. The molecule has 0 radical (unpaired) electrons. The summed E-state index contributed by atoms with van der Waals surface area (Å²) >= 11 is 0. The van der Waals surface area contributed by atoms with Crippen LogP contribution in [0.15, 0.2) is 30.9 Å². The van der Waals surface area contributed by atoms with Crippen LogP contribution in [-0.2, 0) is 0 Å². The minimum absolute atomic E-state index is 0.580. The van der Waals surface area contributed by atoms with Gasteiger partial charge in [-0.25, -0.2) is 4.98 Å². The molecular weight excluding hydrogens is 148 g/mol. The van der Waals surface area contributed by atoms with Gasteiger partial charge in [0.2, 0.25) is 0 Å². The number of fused-ring (bicyclic) bond motifs is 1. The largest absolute Gasteiger partial charge is 0.306 e. The van der Waals surface area contributed by atoms with E-state index in [1.807, 2.05) is 12.5 Å². The molecule has 2 aromatic rings. The van der Waals surface area contributed by atoms with Gasteiger partial charge in [0.1, 0.15) is 0 Å². The van der Waals surface area contributed by atoms with Crippen molar-refractivity contribution in [2.75, 3.05) is 0 Å². The van der Waals surface area contributed by atoms with Crippen molar-refractivity contribution in [3.05, 3.63) is 36.4 Å². The summed E-state index contributed by atoms with van der Waals surface area (Å²) in [5, 5.41) is 0. The van der Waals surface area contributed by atoms with E-state index in [1.165, 1.54) is 5.56 Å². The third-order valence-corrected chi connectivity index (χ3v) is 2.10. The molecule has 12 heavy (non-hydrogen) atoms. The summed E-state index contributed by atoms with van der Waals surface area (Å²) in [6.45, 7) is 4.39. The standard InChI is InChI=1S/C10H12N2/c1-8(2)9-3-4-10-5-11-7-12(10)6-9/h3-8H,1-2H3. The number of rotatable bonds is 1. The molecule has 0 unspecified atom stereocenters. The van der Waals surface area contributed by atoms with Gasteiger partial charge in [-0.3, -0.25) is 0 Å². The Morgan fingerprint density at radius 1 is 1.33 bits per heavy atom. The average Bonchev–Trinajstić information content (AvgIpc) is 2.49. The van der Waals surface area contributed by atoms with Crippen LogP contribution in [0, 0.1) is 0 Å². The fraction of sp³-hybridized carbons (Fsp3) is 0.300. The third kappa shape index (κ3) is 1.09. The molecule has 0 saturated carbocycles. The van der Waals surface area contributed by atoms with Crippen LogP contribution in [0.1, 0.15) is 25.3 Å². The van der Waals surface area contributed by atoms with Gasteiger partial charge in [0.25, 0.3) is 0 Å². The molecule has 2 heterocycles. The molecular formula is C10H12N2. The van der Waals surface area contributed by atoms with E-state index >= 15 is 0 Å². The molecule has 0 saturated heterocycles. The van der Waals surface area contributed by atoms with Crippen molar-refractivity contribution >= 4 is 5.52 Å². The number of pyridine rings is 1. The first-order valence-corrected chi connectivity index (χ1v) is 4.19. The maximum atomic E-state index is 4.06. The molecule has 2 aromatic heterocycles. The van der Waals surface area contributed by atoms with E-state index in [-0.39, 0.29) is 0 Å². The highest BCUT2D eigenvalue weighted by molar-refractivity contribution is 5.45.